The molecule has 7 nitrogen and oxygen atoms in total. The molecule has 1 aromatic heterocycles. The number of nitrogens with zero attached hydrogens (tertiary/aromatic N) is 3. The van der Waals surface area contributed by atoms with Crippen LogP contribution < -0.4 is 5.32 Å². The summed E-state index contributed by atoms with van der Waals surface area (Å²) in [6.45, 7) is 1.93. The Morgan fingerprint density at radius 3 is 2.87 bits per heavy atom. The minimum atomic E-state index is -0.636. The summed E-state index contributed by atoms with van der Waals surface area (Å²) in [6, 6.07) is 13.3. The minimum Gasteiger partial charge on any atom is -0.297 e. The average Bonchev–Trinajstić information content (AvgIpc) is 3.15. The van der Waals surface area contributed by atoms with Crippen molar-refractivity contribution in [2.45, 2.75) is 13.3 Å². The number of nitro groups is 1. The van der Waals surface area contributed by atoms with E-state index in [1.54, 1.807) is 12.3 Å². The van der Waals surface area contributed by atoms with E-state index in [4.69, 9.17) is 11.6 Å². The fourth-order valence-corrected chi connectivity index (χ4v) is 3.65. The predicted molar refractivity (Wildman–Crippen MR) is 116 cm³/mol. The quantitative estimate of drug-likeness (QED) is 0.248. The predicted octanol–water partition coefficient (Wildman–Crippen LogP) is 5.15. The van der Waals surface area contributed by atoms with Crippen molar-refractivity contribution < 1.29 is 9.72 Å². The molecule has 30 heavy (non-hydrogen) atoms. The molecule has 0 aliphatic rings. The maximum absolute atomic E-state index is 12.4. The highest BCUT2D eigenvalue weighted by Crippen LogP contribution is 2.24. The normalized spacial score (nSPS) is 11.0. The Hall–Kier alpha value is -3.54. The lowest BCUT2D eigenvalue weighted by molar-refractivity contribution is -0.384. The average molecular weight is 439 g/mol. The number of thiazole rings is 1. The molecule has 0 saturated heterocycles. The monoisotopic (exact) mass is 438 g/mol. The highest BCUT2D eigenvalue weighted by molar-refractivity contribution is 7.15. The molecular formula is C21H15ClN4O3S. The molecule has 1 N–H and O–H groups in total. The molecule has 150 valence electrons. The van der Waals surface area contributed by atoms with Crippen LogP contribution >= 0.6 is 22.9 Å². The number of carbonyl (C=O) groups excluding carboxylic acids is 1. The van der Waals surface area contributed by atoms with Crippen molar-refractivity contribution in [2.75, 3.05) is 5.32 Å². The highest BCUT2D eigenvalue weighted by atomic mass is 35.5. The van der Waals surface area contributed by atoms with Crippen LogP contribution in [-0.4, -0.2) is 15.8 Å². The fraction of sp³-hybridized carbons (Fsp3) is 0.0952. The molecule has 0 spiro atoms. The molecule has 3 rings (SSSR count). The van der Waals surface area contributed by atoms with Gasteiger partial charge in [0.2, 0.25) is 0 Å². The largest absolute Gasteiger partial charge is 0.297 e. The number of nitro benzene ring substituents is 1. The number of nitriles is 1. The topological polar surface area (TPSA) is 109 Å². The zero-order chi connectivity index (χ0) is 21.7. The van der Waals surface area contributed by atoms with E-state index in [9.17, 15) is 20.2 Å². The Morgan fingerprint density at radius 2 is 2.17 bits per heavy atom. The number of hydrogen-bond acceptors (Lipinski definition) is 6. The van der Waals surface area contributed by atoms with Crippen LogP contribution in [0, 0.1) is 28.4 Å². The van der Waals surface area contributed by atoms with Crippen molar-refractivity contribution in [2.24, 2.45) is 0 Å². The summed E-state index contributed by atoms with van der Waals surface area (Å²) < 4.78 is 0. The first kappa shape index (κ1) is 21.2. The first-order valence-electron chi connectivity index (χ1n) is 8.73. The molecule has 2 aromatic carbocycles. The lowest BCUT2D eigenvalue weighted by Gasteiger charge is -2.02. The third kappa shape index (κ3) is 5.29. The van der Waals surface area contributed by atoms with Gasteiger partial charge in [-0.25, -0.2) is 4.98 Å². The number of benzene rings is 2. The SMILES string of the molecule is Cc1ccc(Cc2cnc(NC(=O)/C(C#N)=C/c3cccc([N+](=O)[O-])c3)s2)cc1Cl. The number of aromatic nitrogens is 1. The molecule has 0 unspecified atom stereocenters. The smallest absolute Gasteiger partial charge is 0.270 e. The first-order valence-corrected chi connectivity index (χ1v) is 9.92. The summed E-state index contributed by atoms with van der Waals surface area (Å²) in [7, 11) is 0. The van der Waals surface area contributed by atoms with Gasteiger partial charge in [-0.3, -0.25) is 20.2 Å². The molecule has 1 amide bonds. The number of halogens is 1. The fourth-order valence-electron chi connectivity index (χ4n) is 2.60. The van der Waals surface area contributed by atoms with Crippen LogP contribution in [0.15, 0.2) is 54.2 Å². The minimum absolute atomic E-state index is 0.123. The van der Waals surface area contributed by atoms with Crippen molar-refractivity contribution in [3.63, 3.8) is 0 Å². The van der Waals surface area contributed by atoms with Crippen molar-refractivity contribution in [1.29, 1.82) is 5.26 Å². The lowest BCUT2D eigenvalue weighted by atomic mass is 10.1. The zero-order valence-corrected chi connectivity index (χ0v) is 17.3. The van der Waals surface area contributed by atoms with E-state index in [1.165, 1.54) is 35.6 Å². The summed E-state index contributed by atoms with van der Waals surface area (Å²) in [4.78, 5) is 27.9. The first-order chi connectivity index (χ1) is 14.4. The molecule has 0 fully saturated rings. The summed E-state index contributed by atoms with van der Waals surface area (Å²) in [5.74, 6) is -0.636. The maximum atomic E-state index is 12.4. The number of hydrogen-bond donors (Lipinski definition) is 1. The van der Waals surface area contributed by atoms with Gasteiger partial charge in [0.05, 0.1) is 4.92 Å². The third-order valence-corrected chi connectivity index (χ3v) is 5.47. The molecular weight excluding hydrogens is 424 g/mol. The number of carbonyl (C=O) groups is 1. The molecule has 3 aromatic rings. The lowest BCUT2D eigenvalue weighted by Crippen LogP contribution is -2.13. The van der Waals surface area contributed by atoms with E-state index >= 15 is 0 Å². The van der Waals surface area contributed by atoms with Crippen molar-refractivity contribution in [3.8, 4) is 6.07 Å². The van der Waals surface area contributed by atoms with Gasteiger partial charge in [0.25, 0.3) is 11.6 Å². The van der Waals surface area contributed by atoms with Gasteiger partial charge < -0.3 is 0 Å². The van der Waals surface area contributed by atoms with Gasteiger partial charge in [-0.15, -0.1) is 11.3 Å². The molecule has 0 bridgehead atoms. The van der Waals surface area contributed by atoms with Gasteiger partial charge in [0.15, 0.2) is 5.13 Å². The molecule has 0 aliphatic carbocycles. The number of anilines is 1. The summed E-state index contributed by atoms with van der Waals surface area (Å²) in [5, 5.41) is 23.8. The molecule has 1 heterocycles. The second kappa shape index (κ2) is 9.31. The number of non-ortho nitro benzene ring substituents is 1. The Balaban J connectivity index is 1.72. The van der Waals surface area contributed by atoms with Crippen LogP contribution in [0.3, 0.4) is 0 Å². The van der Waals surface area contributed by atoms with Crippen LogP contribution in [0.25, 0.3) is 6.08 Å². The summed E-state index contributed by atoms with van der Waals surface area (Å²) in [6.07, 6.45) is 3.57. The Labute approximate surface area is 181 Å². The number of nitrogens with one attached hydrogen (secondary N) is 1. The van der Waals surface area contributed by atoms with Gasteiger partial charge >= 0.3 is 0 Å². The van der Waals surface area contributed by atoms with Crippen molar-refractivity contribution in [1.82, 2.24) is 4.98 Å². The van der Waals surface area contributed by atoms with Gasteiger partial charge in [0.1, 0.15) is 11.6 Å². The van der Waals surface area contributed by atoms with Crippen LogP contribution in [-0.2, 0) is 11.2 Å². The second-order valence-electron chi connectivity index (χ2n) is 6.37. The maximum Gasteiger partial charge on any atom is 0.270 e. The van der Waals surface area contributed by atoms with Crippen molar-refractivity contribution in [3.05, 3.63) is 90.9 Å². The van der Waals surface area contributed by atoms with E-state index in [0.29, 0.717) is 22.1 Å². The van der Waals surface area contributed by atoms with Crippen molar-refractivity contribution >= 4 is 45.7 Å². The summed E-state index contributed by atoms with van der Waals surface area (Å²) in [5.41, 5.74) is 2.10. The Morgan fingerprint density at radius 1 is 1.37 bits per heavy atom. The van der Waals surface area contributed by atoms with Gasteiger partial charge in [0, 0.05) is 34.7 Å². The molecule has 0 atom stereocenters. The number of aryl methyl sites for hydroxylation is 1. The second-order valence-corrected chi connectivity index (χ2v) is 7.89. The summed E-state index contributed by atoms with van der Waals surface area (Å²) >= 11 is 7.45. The number of rotatable bonds is 6. The Bertz CT molecular complexity index is 1200. The van der Waals surface area contributed by atoms with Crippen LogP contribution in [0.4, 0.5) is 10.8 Å². The molecule has 0 aliphatic heterocycles. The molecule has 0 radical (unpaired) electrons. The van der Waals surface area contributed by atoms with E-state index in [0.717, 1.165) is 16.0 Å². The van der Waals surface area contributed by atoms with E-state index < -0.39 is 10.8 Å². The van der Waals surface area contributed by atoms with Crippen LogP contribution in [0.5, 0.6) is 0 Å². The van der Waals surface area contributed by atoms with Gasteiger partial charge in [-0.2, -0.15) is 5.26 Å². The van der Waals surface area contributed by atoms with Crippen LogP contribution in [0.2, 0.25) is 5.02 Å². The number of amides is 1. The van der Waals surface area contributed by atoms with E-state index in [-0.39, 0.29) is 11.3 Å². The third-order valence-electron chi connectivity index (χ3n) is 4.15. The van der Waals surface area contributed by atoms with Gasteiger partial charge in [-0.1, -0.05) is 35.9 Å². The zero-order valence-electron chi connectivity index (χ0n) is 15.8. The molecule has 9 heteroatoms. The van der Waals surface area contributed by atoms with E-state index in [2.05, 4.69) is 10.3 Å². The Kier molecular flexibility index (Phi) is 6.57. The van der Waals surface area contributed by atoms with E-state index in [1.807, 2.05) is 31.2 Å². The van der Waals surface area contributed by atoms with Gasteiger partial charge in [-0.05, 0) is 35.8 Å². The van der Waals surface area contributed by atoms with Crippen LogP contribution in [0.1, 0.15) is 21.6 Å². The standard InChI is InChI=1S/C21H15ClN4O3S/c1-13-5-6-15(10-19(13)22)9-18-12-24-21(30-18)25-20(27)16(11-23)7-14-3-2-4-17(8-14)26(28)29/h2-8,10,12H,9H2,1H3,(H,24,25,27)/b16-7+. The molecule has 0 saturated carbocycles. The highest BCUT2D eigenvalue weighted by Gasteiger charge is 2.13.